The highest BCUT2D eigenvalue weighted by Crippen LogP contribution is 2.23. The Morgan fingerprint density at radius 1 is 1.50 bits per heavy atom. The maximum Gasteiger partial charge on any atom is 0.243 e. The van der Waals surface area contributed by atoms with Gasteiger partial charge in [0.05, 0.1) is 0 Å². The van der Waals surface area contributed by atoms with Gasteiger partial charge in [-0.1, -0.05) is 5.57 Å². The van der Waals surface area contributed by atoms with Gasteiger partial charge in [0, 0.05) is 18.2 Å². The van der Waals surface area contributed by atoms with E-state index < -0.39 is 0 Å². The van der Waals surface area contributed by atoms with Gasteiger partial charge in [-0.25, -0.2) is 0 Å². The van der Waals surface area contributed by atoms with Crippen LogP contribution < -0.4 is 11.1 Å². The molecule has 1 aliphatic rings. The Bertz CT molecular complexity index is 230. The largest absolute Gasteiger partial charge is 0.351 e. The monoisotopic (exact) mass is 196 g/mol. The molecule has 3 N–H and O–H groups in total. The molecule has 0 aliphatic heterocycles. The van der Waals surface area contributed by atoms with E-state index in [9.17, 15) is 4.79 Å². The number of amides is 1. The smallest absolute Gasteiger partial charge is 0.243 e. The van der Waals surface area contributed by atoms with Crippen molar-refractivity contribution < 1.29 is 4.79 Å². The Morgan fingerprint density at radius 3 is 2.57 bits per heavy atom. The summed E-state index contributed by atoms with van der Waals surface area (Å²) in [5.74, 6) is 0.000394. The number of carbonyl (C=O) groups is 1. The third kappa shape index (κ3) is 4.42. The van der Waals surface area contributed by atoms with E-state index in [2.05, 4.69) is 5.32 Å². The zero-order valence-corrected chi connectivity index (χ0v) is 9.10. The Balaban J connectivity index is 2.32. The fourth-order valence-corrected chi connectivity index (χ4v) is 1.52. The average molecular weight is 196 g/mol. The number of hydrogen-bond donors (Lipinski definition) is 2. The van der Waals surface area contributed by atoms with Crippen LogP contribution in [0.25, 0.3) is 0 Å². The van der Waals surface area contributed by atoms with Gasteiger partial charge in [-0.15, -0.1) is 0 Å². The highest BCUT2D eigenvalue weighted by Gasteiger charge is 2.12. The van der Waals surface area contributed by atoms with Gasteiger partial charge < -0.3 is 11.1 Å². The van der Waals surface area contributed by atoms with Crippen molar-refractivity contribution in [2.45, 2.75) is 45.1 Å². The summed E-state index contributed by atoms with van der Waals surface area (Å²) in [5, 5.41) is 2.81. The lowest BCUT2D eigenvalue weighted by Gasteiger charge is -2.18. The van der Waals surface area contributed by atoms with Crippen molar-refractivity contribution in [3.05, 3.63) is 11.6 Å². The minimum absolute atomic E-state index is 0.000394. The summed E-state index contributed by atoms with van der Waals surface area (Å²) in [7, 11) is 0. The van der Waals surface area contributed by atoms with Crippen LogP contribution in [0.4, 0.5) is 0 Å². The van der Waals surface area contributed by atoms with Crippen LogP contribution in [0, 0.1) is 0 Å². The average Bonchev–Trinajstić information content (AvgIpc) is 2.52. The molecule has 0 aromatic heterocycles. The number of nitrogens with two attached hydrogens (primary N) is 1. The van der Waals surface area contributed by atoms with E-state index in [-0.39, 0.29) is 11.4 Å². The van der Waals surface area contributed by atoms with Crippen molar-refractivity contribution >= 4 is 5.91 Å². The Hall–Kier alpha value is -0.830. The van der Waals surface area contributed by atoms with E-state index in [0.29, 0.717) is 6.54 Å². The standard InChI is InChI=1S/C11H20N2O/c1-11(2,12)8-13-10(14)7-9-5-3-4-6-9/h7H,3-6,8,12H2,1-2H3,(H,13,14). The molecule has 80 valence electrons. The van der Waals surface area contributed by atoms with Crippen molar-refractivity contribution in [3.63, 3.8) is 0 Å². The number of rotatable bonds is 3. The molecule has 1 fully saturated rings. The molecule has 0 saturated heterocycles. The highest BCUT2D eigenvalue weighted by atomic mass is 16.1. The first-order chi connectivity index (χ1) is 6.47. The molecular formula is C11H20N2O. The van der Waals surface area contributed by atoms with Crippen molar-refractivity contribution in [2.75, 3.05) is 6.54 Å². The maximum absolute atomic E-state index is 11.4. The topological polar surface area (TPSA) is 55.1 Å². The van der Waals surface area contributed by atoms with Crippen molar-refractivity contribution in [3.8, 4) is 0 Å². The first kappa shape index (κ1) is 11.2. The predicted octanol–water partition coefficient (Wildman–Crippen LogP) is 1.34. The van der Waals surface area contributed by atoms with E-state index in [4.69, 9.17) is 5.73 Å². The minimum atomic E-state index is -0.330. The minimum Gasteiger partial charge on any atom is -0.351 e. The third-order valence-corrected chi connectivity index (χ3v) is 2.30. The molecule has 1 aliphatic carbocycles. The van der Waals surface area contributed by atoms with E-state index in [0.717, 1.165) is 12.8 Å². The second-order valence-electron chi connectivity index (χ2n) is 4.72. The summed E-state index contributed by atoms with van der Waals surface area (Å²) in [6, 6.07) is 0. The summed E-state index contributed by atoms with van der Waals surface area (Å²) in [4.78, 5) is 11.4. The van der Waals surface area contributed by atoms with Crippen molar-refractivity contribution in [1.29, 1.82) is 0 Å². The molecule has 0 aromatic carbocycles. The Kier molecular flexibility index (Phi) is 3.69. The molecule has 14 heavy (non-hydrogen) atoms. The van der Waals surface area contributed by atoms with Crippen LogP contribution in [0.15, 0.2) is 11.6 Å². The van der Waals surface area contributed by atoms with Gasteiger partial charge >= 0.3 is 0 Å². The molecule has 3 nitrogen and oxygen atoms in total. The third-order valence-electron chi connectivity index (χ3n) is 2.30. The fourth-order valence-electron chi connectivity index (χ4n) is 1.52. The Labute approximate surface area is 85.7 Å². The lowest BCUT2D eigenvalue weighted by atomic mass is 10.1. The first-order valence-corrected chi connectivity index (χ1v) is 5.23. The van der Waals surface area contributed by atoms with Crippen LogP contribution in [-0.2, 0) is 4.79 Å². The summed E-state index contributed by atoms with van der Waals surface area (Å²) >= 11 is 0. The predicted molar refractivity (Wildman–Crippen MR) is 57.8 cm³/mol. The van der Waals surface area contributed by atoms with Crippen molar-refractivity contribution in [2.24, 2.45) is 5.73 Å². The molecule has 0 atom stereocenters. The van der Waals surface area contributed by atoms with Gasteiger partial charge in [-0.05, 0) is 39.5 Å². The lowest BCUT2D eigenvalue weighted by Crippen LogP contribution is -2.44. The molecule has 0 spiro atoms. The fraction of sp³-hybridized carbons (Fsp3) is 0.727. The van der Waals surface area contributed by atoms with Gasteiger partial charge in [0.2, 0.25) is 5.91 Å². The summed E-state index contributed by atoms with van der Waals surface area (Å²) in [6.45, 7) is 4.32. The first-order valence-electron chi connectivity index (χ1n) is 5.23. The van der Waals surface area contributed by atoms with Crippen LogP contribution in [0.3, 0.4) is 0 Å². The van der Waals surface area contributed by atoms with Crippen LogP contribution in [-0.4, -0.2) is 18.0 Å². The van der Waals surface area contributed by atoms with E-state index in [1.54, 1.807) is 6.08 Å². The van der Waals surface area contributed by atoms with Gasteiger partial charge in [0.25, 0.3) is 0 Å². The molecule has 0 bridgehead atoms. The maximum atomic E-state index is 11.4. The van der Waals surface area contributed by atoms with Gasteiger partial charge in [0.1, 0.15) is 0 Å². The van der Waals surface area contributed by atoms with Crippen LogP contribution in [0.5, 0.6) is 0 Å². The zero-order chi connectivity index (χ0) is 10.6. The Morgan fingerprint density at radius 2 is 2.07 bits per heavy atom. The van der Waals surface area contributed by atoms with Crippen molar-refractivity contribution in [1.82, 2.24) is 5.32 Å². The summed E-state index contributed by atoms with van der Waals surface area (Å²) in [6.07, 6.45) is 6.35. The molecule has 0 aromatic rings. The molecular weight excluding hydrogens is 176 g/mol. The van der Waals surface area contributed by atoms with Gasteiger partial charge in [-0.3, -0.25) is 4.79 Å². The number of hydrogen-bond acceptors (Lipinski definition) is 2. The van der Waals surface area contributed by atoms with Crippen LogP contribution in [0.2, 0.25) is 0 Å². The van der Waals surface area contributed by atoms with E-state index in [1.165, 1.54) is 18.4 Å². The second-order valence-corrected chi connectivity index (χ2v) is 4.72. The van der Waals surface area contributed by atoms with Crippen LogP contribution in [0.1, 0.15) is 39.5 Å². The molecule has 0 radical (unpaired) electrons. The number of carbonyl (C=O) groups excluding carboxylic acids is 1. The quantitative estimate of drug-likeness (QED) is 0.669. The van der Waals surface area contributed by atoms with E-state index >= 15 is 0 Å². The molecule has 3 heteroatoms. The van der Waals surface area contributed by atoms with Gasteiger partial charge in [0.15, 0.2) is 0 Å². The zero-order valence-electron chi connectivity index (χ0n) is 9.10. The molecule has 0 unspecified atom stereocenters. The summed E-state index contributed by atoms with van der Waals surface area (Å²) < 4.78 is 0. The molecule has 0 heterocycles. The highest BCUT2D eigenvalue weighted by molar-refractivity contribution is 5.88. The summed E-state index contributed by atoms with van der Waals surface area (Å²) in [5.41, 5.74) is 6.70. The van der Waals surface area contributed by atoms with Gasteiger partial charge in [-0.2, -0.15) is 0 Å². The molecule has 1 saturated carbocycles. The second kappa shape index (κ2) is 4.60. The normalized spacial score (nSPS) is 16.9. The van der Waals surface area contributed by atoms with Crippen LogP contribution >= 0.6 is 0 Å². The van der Waals surface area contributed by atoms with E-state index in [1.807, 2.05) is 13.8 Å². The number of nitrogens with one attached hydrogen (secondary N) is 1. The number of allylic oxidation sites excluding steroid dienone is 1. The SMILES string of the molecule is CC(C)(N)CNC(=O)C=C1CCCC1. The molecule has 1 rings (SSSR count). The molecule has 1 amide bonds. The lowest BCUT2D eigenvalue weighted by molar-refractivity contribution is -0.116.